The van der Waals surface area contributed by atoms with E-state index in [-0.39, 0.29) is 26.2 Å². The van der Waals surface area contributed by atoms with Crippen LogP contribution in [0.2, 0.25) is 0 Å². The van der Waals surface area contributed by atoms with Crippen molar-refractivity contribution in [1.29, 1.82) is 0 Å². The van der Waals surface area contributed by atoms with E-state index in [1.807, 2.05) is 0 Å². The maximum absolute atomic E-state index is 3.47. The van der Waals surface area contributed by atoms with Gasteiger partial charge in [0, 0.05) is 0 Å². The minimum atomic E-state index is 0. The topological polar surface area (TPSA) is 0 Å². The number of allylic oxidation sites excluding steroid dienone is 8. The first-order valence-electron chi connectivity index (χ1n) is 11.3. The Morgan fingerprint density at radius 3 is 1.26 bits per heavy atom. The van der Waals surface area contributed by atoms with Gasteiger partial charge in [0.15, 0.2) is 0 Å². The molecule has 0 aromatic carbocycles. The molecule has 0 saturated carbocycles. The molecule has 0 bridgehead atoms. The number of hydrogen-bond donors (Lipinski definition) is 0. The fourth-order valence-corrected chi connectivity index (χ4v) is 3.51. The molecule has 2 rings (SSSR count). The molecule has 0 unspecified atom stereocenters. The molecule has 0 atom stereocenters. The van der Waals surface area contributed by atoms with E-state index in [0.29, 0.717) is 0 Å². The van der Waals surface area contributed by atoms with Gasteiger partial charge in [-0.15, -0.1) is 12.8 Å². The summed E-state index contributed by atoms with van der Waals surface area (Å²) in [7, 11) is 0. The first-order valence-corrected chi connectivity index (χ1v) is 11.3. The number of hydrogen-bond acceptors (Lipinski definition) is 0. The minimum Gasteiger partial charge on any atom is -0.269 e. The Morgan fingerprint density at radius 1 is 0.593 bits per heavy atom. The van der Waals surface area contributed by atoms with Crippen molar-refractivity contribution in [1.82, 2.24) is 0 Å². The average Bonchev–Trinajstić information content (AvgIpc) is 3.30. The normalized spacial score (nSPS) is 15.3. The summed E-state index contributed by atoms with van der Waals surface area (Å²) in [6.45, 7) is 9.03. The Morgan fingerprint density at radius 2 is 0.926 bits per heavy atom. The third kappa shape index (κ3) is 11.4. The molecule has 0 N–H and O–H groups in total. The van der Waals surface area contributed by atoms with Crippen LogP contribution in [0.3, 0.4) is 0 Å². The van der Waals surface area contributed by atoms with Gasteiger partial charge in [0.2, 0.25) is 0 Å². The largest absolute Gasteiger partial charge is 2.00 e. The predicted molar refractivity (Wildman–Crippen MR) is 117 cm³/mol. The van der Waals surface area contributed by atoms with Crippen LogP contribution in [0.5, 0.6) is 0 Å². The SMILES string of the molecule is CCCCC1=[C-]CC=C1CCCC.CCCCC1=[C-]CC=C1CCCC.[Zr+2]. The first-order chi connectivity index (χ1) is 12.8. The molecule has 27 heavy (non-hydrogen) atoms. The van der Waals surface area contributed by atoms with Crippen molar-refractivity contribution in [2.75, 3.05) is 0 Å². The second kappa shape index (κ2) is 17.9. The zero-order valence-corrected chi connectivity index (χ0v) is 21.0. The van der Waals surface area contributed by atoms with Gasteiger partial charge in [-0.3, -0.25) is 12.2 Å². The van der Waals surface area contributed by atoms with E-state index in [2.05, 4.69) is 52.0 Å². The average molecular weight is 446 g/mol. The van der Waals surface area contributed by atoms with Crippen LogP contribution >= 0.6 is 0 Å². The van der Waals surface area contributed by atoms with Crippen molar-refractivity contribution in [3.8, 4) is 0 Å². The molecule has 0 fully saturated rings. The molecule has 150 valence electrons. The van der Waals surface area contributed by atoms with E-state index in [4.69, 9.17) is 0 Å². The van der Waals surface area contributed by atoms with Gasteiger partial charge in [0.1, 0.15) is 0 Å². The summed E-state index contributed by atoms with van der Waals surface area (Å²) in [6.07, 6.45) is 29.4. The third-order valence-corrected chi connectivity index (χ3v) is 5.26. The standard InChI is InChI=1S/2C13H21.Zr/c2*1-3-5-8-12-10-7-11-13(12)9-6-4-2;/h2*10H,3-9H2,1-2H3;/q2*-1;+2. The van der Waals surface area contributed by atoms with Crippen LogP contribution in [0.1, 0.15) is 118 Å². The Hall–Kier alpha value is -0.157. The van der Waals surface area contributed by atoms with Crippen LogP contribution in [0.25, 0.3) is 0 Å². The molecule has 0 aromatic heterocycles. The van der Waals surface area contributed by atoms with Crippen molar-refractivity contribution in [3.63, 3.8) is 0 Å². The van der Waals surface area contributed by atoms with Crippen LogP contribution in [-0.2, 0) is 26.2 Å². The summed E-state index contributed by atoms with van der Waals surface area (Å²) in [5.41, 5.74) is 6.23. The van der Waals surface area contributed by atoms with Crippen LogP contribution in [0.15, 0.2) is 34.4 Å². The van der Waals surface area contributed by atoms with Crippen LogP contribution < -0.4 is 0 Å². The second-order valence-corrected chi connectivity index (χ2v) is 7.59. The molecule has 0 aliphatic heterocycles. The molecule has 0 heterocycles. The summed E-state index contributed by atoms with van der Waals surface area (Å²) in [5.74, 6) is 0. The van der Waals surface area contributed by atoms with E-state index in [9.17, 15) is 0 Å². The quantitative estimate of drug-likeness (QED) is 0.263. The van der Waals surface area contributed by atoms with Gasteiger partial charge in [0.25, 0.3) is 0 Å². The minimum absolute atomic E-state index is 0. The third-order valence-electron chi connectivity index (χ3n) is 5.26. The van der Waals surface area contributed by atoms with Crippen molar-refractivity contribution in [3.05, 3.63) is 46.6 Å². The van der Waals surface area contributed by atoms with Gasteiger partial charge in [-0.2, -0.15) is 23.3 Å². The summed E-state index contributed by atoms with van der Waals surface area (Å²) in [4.78, 5) is 0. The van der Waals surface area contributed by atoms with Gasteiger partial charge in [-0.1, -0.05) is 105 Å². The molecule has 0 aromatic rings. The summed E-state index contributed by atoms with van der Waals surface area (Å²) >= 11 is 0. The molecule has 0 amide bonds. The van der Waals surface area contributed by atoms with Crippen LogP contribution in [0.4, 0.5) is 0 Å². The Bertz CT molecular complexity index is 400. The van der Waals surface area contributed by atoms with Gasteiger partial charge in [-0.25, -0.2) is 11.1 Å². The fourth-order valence-electron chi connectivity index (χ4n) is 3.51. The van der Waals surface area contributed by atoms with E-state index in [1.54, 1.807) is 11.1 Å². The van der Waals surface area contributed by atoms with E-state index < -0.39 is 0 Å². The summed E-state index contributed by atoms with van der Waals surface area (Å²) < 4.78 is 0. The summed E-state index contributed by atoms with van der Waals surface area (Å²) in [5, 5.41) is 0. The molecule has 0 saturated heterocycles. The maximum Gasteiger partial charge on any atom is 2.00 e. The monoisotopic (exact) mass is 444 g/mol. The number of rotatable bonds is 12. The predicted octanol–water partition coefficient (Wildman–Crippen LogP) is 8.85. The molecule has 1 heteroatoms. The molecule has 0 radical (unpaired) electrons. The van der Waals surface area contributed by atoms with Crippen molar-refractivity contribution >= 4 is 0 Å². The van der Waals surface area contributed by atoms with Crippen molar-refractivity contribution in [2.45, 2.75) is 118 Å². The van der Waals surface area contributed by atoms with Crippen molar-refractivity contribution in [2.24, 2.45) is 0 Å². The fraction of sp³-hybridized carbons (Fsp3) is 0.692. The maximum atomic E-state index is 3.47. The van der Waals surface area contributed by atoms with Crippen LogP contribution in [-0.4, -0.2) is 0 Å². The van der Waals surface area contributed by atoms with Crippen molar-refractivity contribution < 1.29 is 26.2 Å². The Labute approximate surface area is 189 Å². The van der Waals surface area contributed by atoms with E-state index in [0.717, 1.165) is 12.8 Å². The van der Waals surface area contributed by atoms with E-state index in [1.165, 1.54) is 88.2 Å². The molecule has 2 aliphatic carbocycles. The van der Waals surface area contributed by atoms with Gasteiger partial charge < -0.3 is 0 Å². The van der Waals surface area contributed by atoms with Crippen LogP contribution in [0, 0.1) is 12.2 Å². The Kier molecular flexibility index (Phi) is 17.8. The summed E-state index contributed by atoms with van der Waals surface area (Å²) in [6, 6.07) is 0. The smallest absolute Gasteiger partial charge is 0.269 e. The second-order valence-electron chi connectivity index (χ2n) is 7.59. The molecular formula is C26H42Zr. The van der Waals surface area contributed by atoms with E-state index >= 15 is 0 Å². The van der Waals surface area contributed by atoms with Gasteiger partial charge in [0.05, 0.1) is 0 Å². The molecule has 2 aliphatic rings. The molecule has 0 spiro atoms. The van der Waals surface area contributed by atoms with Gasteiger partial charge >= 0.3 is 26.2 Å². The Balaban J connectivity index is 0.000000483. The zero-order valence-electron chi connectivity index (χ0n) is 18.6. The zero-order chi connectivity index (χ0) is 19.0. The molecular weight excluding hydrogens is 404 g/mol. The number of unbranched alkanes of at least 4 members (excludes halogenated alkanes) is 4. The van der Waals surface area contributed by atoms with Gasteiger partial charge in [-0.05, 0) is 0 Å². The first kappa shape index (κ1) is 26.8. The molecule has 0 nitrogen and oxygen atoms in total.